The highest BCUT2D eigenvalue weighted by Crippen LogP contribution is 2.22. The van der Waals surface area contributed by atoms with E-state index in [1.54, 1.807) is 6.20 Å². The Morgan fingerprint density at radius 2 is 2.29 bits per heavy atom. The molecule has 2 rings (SSSR count). The highest BCUT2D eigenvalue weighted by molar-refractivity contribution is 7.98. The van der Waals surface area contributed by atoms with Crippen LogP contribution in [0.1, 0.15) is 28.9 Å². The van der Waals surface area contributed by atoms with Crippen molar-refractivity contribution in [3.8, 4) is 0 Å². The molecule has 0 aromatic carbocycles. The second-order valence-corrected chi connectivity index (χ2v) is 6.69. The van der Waals surface area contributed by atoms with Crippen molar-refractivity contribution in [1.82, 2.24) is 14.9 Å². The molecule has 0 radical (unpaired) electrons. The van der Waals surface area contributed by atoms with Gasteiger partial charge in [-0.05, 0) is 37.7 Å². The highest BCUT2D eigenvalue weighted by atomic mass is 32.2. The lowest BCUT2D eigenvalue weighted by Gasteiger charge is -2.32. The third-order valence-electron chi connectivity index (χ3n) is 3.81. The summed E-state index contributed by atoms with van der Waals surface area (Å²) in [4.78, 5) is 25.2. The molecule has 0 aliphatic carbocycles. The number of carbonyl (C=O) groups is 1. The Morgan fingerprint density at radius 1 is 1.52 bits per heavy atom. The fraction of sp³-hybridized carbons (Fsp3) is 0.667. The van der Waals surface area contributed by atoms with Crippen molar-refractivity contribution in [2.24, 2.45) is 5.92 Å². The zero-order valence-corrected chi connectivity index (χ0v) is 14.1. The summed E-state index contributed by atoms with van der Waals surface area (Å²) in [5.74, 6) is 2.45. The number of nitrogens with zero attached hydrogens (tertiary/aromatic N) is 4. The largest absolute Gasteiger partial charge is 0.347 e. The third kappa shape index (κ3) is 3.87. The number of rotatable bonds is 4. The molecule has 1 aromatic rings. The standard InChI is InChI=1S/C15H24N4OS/c1-11-13(8-16-15(17-11)18(2)3)14(20)19-7-5-6-12(9-19)10-21-4/h8,12H,5-7,9-10H2,1-4H3. The molecule has 0 N–H and O–H groups in total. The van der Waals surface area contributed by atoms with E-state index in [2.05, 4.69) is 16.2 Å². The van der Waals surface area contributed by atoms with Crippen LogP contribution in [0.15, 0.2) is 6.20 Å². The van der Waals surface area contributed by atoms with Crippen LogP contribution in [0.2, 0.25) is 0 Å². The SMILES string of the molecule is CSCC1CCCN(C(=O)c2cnc(N(C)C)nc2C)C1. The molecule has 1 atom stereocenters. The molecule has 1 fully saturated rings. The van der Waals surface area contributed by atoms with Gasteiger partial charge in [-0.15, -0.1) is 0 Å². The van der Waals surface area contributed by atoms with Crippen molar-refractivity contribution >= 4 is 23.6 Å². The van der Waals surface area contributed by atoms with Gasteiger partial charge in [0.25, 0.3) is 5.91 Å². The van der Waals surface area contributed by atoms with Crippen LogP contribution in [0.3, 0.4) is 0 Å². The zero-order valence-electron chi connectivity index (χ0n) is 13.3. The molecule has 0 spiro atoms. The quantitative estimate of drug-likeness (QED) is 0.852. The Labute approximate surface area is 131 Å². The van der Waals surface area contributed by atoms with Crippen LogP contribution in [0, 0.1) is 12.8 Å². The molecule has 1 aromatic heterocycles. The Kier molecular flexibility index (Phi) is 5.45. The molecule has 0 saturated carbocycles. The van der Waals surface area contributed by atoms with E-state index < -0.39 is 0 Å². The minimum atomic E-state index is 0.0728. The number of piperidine rings is 1. The van der Waals surface area contributed by atoms with Crippen molar-refractivity contribution in [2.45, 2.75) is 19.8 Å². The fourth-order valence-electron chi connectivity index (χ4n) is 2.67. The minimum absolute atomic E-state index is 0.0728. The van der Waals surface area contributed by atoms with Crippen LogP contribution in [-0.4, -0.2) is 60.0 Å². The molecule has 1 amide bonds. The molecule has 5 nitrogen and oxygen atoms in total. The van der Waals surface area contributed by atoms with Gasteiger partial charge >= 0.3 is 0 Å². The van der Waals surface area contributed by atoms with E-state index in [1.807, 2.05) is 42.6 Å². The molecule has 1 saturated heterocycles. The van der Waals surface area contributed by atoms with Crippen molar-refractivity contribution in [1.29, 1.82) is 0 Å². The number of likely N-dealkylation sites (tertiary alicyclic amines) is 1. The third-order valence-corrected chi connectivity index (χ3v) is 4.61. The first-order valence-corrected chi connectivity index (χ1v) is 8.71. The molecule has 6 heteroatoms. The van der Waals surface area contributed by atoms with Gasteiger partial charge in [-0.25, -0.2) is 9.97 Å². The summed E-state index contributed by atoms with van der Waals surface area (Å²) in [7, 11) is 3.79. The van der Waals surface area contributed by atoms with E-state index in [9.17, 15) is 4.79 Å². The zero-order chi connectivity index (χ0) is 15.4. The first-order chi connectivity index (χ1) is 10.0. The maximum absolute atomic E-state index is 12.7. The van der Waals surface area contributed by atoms with Gasteiger partial charge in [0, 0.05) is 33.4 Å². The maximum atomic E-state index is 12.7. The summed E-state index contributed by atoms with van der Waals surface area (Å²) in [6.45, 7) is 3.58. The minimum Gasteiger partial charge on any atom is -0.347 e. The Morgan fingerprint density at radius 3 is 2.90 bits per heavy atom. The topological polar surface area (TPSA) is 49.3 Å². The van der Waals surface area contributed by atoms with E-state index in [0.29, 0.717) is 17.4 Å². The summed E-state index contributed by atoms with van der Waals surface area (Å²) < 4.78 is 0. The fourth-order valence-corrected chi connectivity index (χ4v) is 3.42. The Hall–Kier alpha value is -1.30. The van der Waals surface area contributed by atoms with Crippen LogP contribution < -0.4 is 4.90 Å². The van der Waals surface area contributed by atoms with Crippen molar-refractivity contribution in [3.63, 3.8) is 0 Å². The Bertz CT molecular complexity index is 504. The number of aryl methyl sites for hydroxylation is 1. The second kappa shape index (κ2) is 7.11. The number of hydrogen-bond acceptors (Lipinski definition) is 5. The van der Waals surface area contributed by atoms with Gasteiger partial charge in [-0.2, -0.15) is 11.8 Å². The number of aromatic nitrogens is 2. The molecular formula is C15H24N4OS. The van der Waals surface area contributed by atoms with Crippen LogP contribution >= 0.6 is 11.8 Å². The summed E-state index contributed by atoms with van der Waals surface area (Å²) in [5.41, 5.74) is 1.39. The molecule has 1 aliphatic heterocycles. The number of amides is 1. The lowest BCUT2D eigenvalue weighted by Crippen LogP contribution is -2.41. The molecule has 1 unspecified atom stereocenters. The molecule has 1 aliphatic rings. The van der Waals surface area contributed by atoms with Gasteiger partial charge in [-0.3, -0.25) is 4.79 Å². The molecule has 116 valence electrons. The smallest absolute Gasteiger partial charge is 0.257 e. The average molecular weight is 308 g/mol. The van der Waals surface area contributed by atoms with Gasteiger partial charge in [0.2, 0.25) is 5.95 Å². The van der Waals surface area contributed by atoms with Crippen molar-refractivity contribution in [2.75, 3.05) is 44.1 Å². The van der Waals surface area contributed by atoms with Crippen molar-refractivity contribution in [3.05, 3.63) is 17.5 Å². The van der Waals surface area contributed by atoms with Gasteiger partial charge in [0.15, 0.2) is 0 Å². The van der Waals surface area contributed by atoms with Gasteiger partial charge in [-0.1, -0.05) is 0 Å². The van der Waals surface area contributed by atoms with Gasteiger partial charge in [0.05, 0.1) is 11.3 Å². The molecule has 21 heavy (non-hydrogen) atoms. The normalized spacial score (nSPS) is 18.7. The van der Waals surface area contributed by atoms with E-state index >= 15 is 0 Å². The van der Waals surface area contributed by atoms with Crippen LogP contribution in [-0.2, 0) is 0 Å². The lowest BCUT2D eigenvalue weighted by atomic mass is 9.99. The summed E-state index contributed by atoms with van der Waals surface area (Å²) in [6.07, 6.45) is 6.10. The first kappa shape index (κ1) is 16.1. The number of anilines is 1. The van der Waals surface area contributed by atoms with Gasteiger partial charge < -0.3 is 9.80 Å². The van der Waals surface area contributed by atoms with E-state index in [-0.39, 0.29) is 5.91 Å². The summed E-state index contributed by atoms with van der Waals surface area (Å²) in [5, 5.41) is 0. The molecular weight excluding hydrogens is 284 g/mol. The average Bonchev–Trinajstić information content (AvgIpc) is 2.47. The monoisotopic (exact) mass is 308 g/mol. The number of carbonyl (C=O) groups excluding carboxylic acids is 1. The van der Waals surface area contributed by atoms with Crippen LogP contribution in [0.5, 0.6) is 0 Å². The van der Waals surface area contributed by atoms with Crippen LogP contribution in [0.25, 0.3) is 0 Å². The predicted octanol–water partition coefficient (Wildman–Crippen LogP) is 2.07. The summed E-state index contributed by atoms with van der Waals surface area (Å²) in [6, 6.07) is 0. The summed E-state index contributed by atoms with van der Waals surface area (Å²) >= 11 is 1.86. The first-order valence-electron chi connectivity index (χ1n) is 7.32. The molecule has 0 bridgehead atoms. The van der Waals surface area contributed by atoms with Crippen LogP contribution in [0.4, 0.5) is 5.95 Å². The highest BCUT2D eigenvalue weighted by Gasteiger charge is 2.25. The number of hydrogen-bond donors (Lipinski definition) is 0. The Balaban J connectivity index is 2.12. The second-order valence-electron chi connectivity index (χ2n) is 5.78. The number of thioether (sulfide) groups is 1. The lowest BCUT2D eigenvalue weighted by molar-refractivity contribution is 0.0683. The molecule has 2 heterocycles. The predicted molar refractivity (Wildman–Crippen MR) is 88.1 cm³/mol. The maximum Gasteiger partial charge on any atom is 0.257 e. The van der Waals surface area contributed by atoms with E-state index in [0.717, 1.165) is 31.0 Å². The van der Waals surface area contributed by atoms with E-state index in [4.69, 9.17) is 0 Å². The van der Waals surface area contributed by atoms with Crippen molar-refractivity contribution < 1.29 is 4.79 Å². The van der Waals surface area contributed by atoms with E-state index in [1.165, 1.54) is 6.42 Å². The van der Waals surface area contributed by atoms with Gasteiger partial charge in [0.1, 0.15) is 0 Å².